The van der Waals surface area contributed by atoms with Crippen LogP contribution in [0.2, 0.25) is 0 Å². The Morgan fingerprint density at radius 2 is 1.05 bits per heavy atom. The zero-order chi connectivity index (χ0) is 27.3. The first kappa shape index (κ1) is 24.1. The van der Waals surface area contributed by atoms with Gasteiger partial charge < -0.3 is 9.47 Å². The maximum atomic E-state index is 13.2. The molecule has 39 heavy (non-hydrogen) atoms. The number of rotatable bonds is 6. The van der Waals surface area contributed by atoms with E-state index in [1.165, 1.54) is 29.8 Å². The van der Waals surface area contributed by atoms with Crippen LogP contribution in [0.25, 0.3) is 0 Å². The van der Waals surface area contributed by atoms with Gasteiger partial charge in [0.15, 0.2) is 0 Å². The van der Waals surface area contributed by atoms with Gasteiger partial charge in [-0.2, -0.15) is 0 Å². The summed E-state index contributed by atoms with van der Waals surface area (Å²) in [5, 5.41) is 2.23. The van der Waals surface area contributed by atoms with Crippen LogP contribution in [0.15, 0.2) is 84.9 Å². The third kappa shape index (κ3) is 4.31. The van der Waals surface area contributed by atoms with Gasteiger partial charge in [0.1, 0.15) is 23.0 Å². The van der Waals surface area contributed by atoms with Crippen molar-refractivity contribution in [2.75, 3.05) is 4.90 Å². The highest BCUT2D eigenvalue weighted by Crippen LogP contribution is 2.34. The van der Waals surface area contributed by atoms with Crippen molar-refractivity contribution in [3.8, 4) is 23.0 Å². The number of nitrogens with zero attached hydrogens (tertiary/aromatic N) is 1. The molecule has 6 rings (SSSR count). The largest absolute Gasteiger partial charge is 0.457 e. The van der Waals surface area contributed by atoms with Gasteiger partial charge in [-0.3, -0.25) is 24.5 Å². The minimum Gasteiger partial charge on any atom is -0.457 e. The summed E-state index contributed by atoms with van der Waals surface area (Å²) in [5.41, 5.74) is 2.59. The lowest BCUT2D eigenvalue weighted by atomic mass is 10.0. The highest BCUT2D eigenvalue weighted by molar-refractivity contribution is 6.34. The highest BCUT2D eigenvalue weighted by atomic mass is 16.5. The third-order valence-corrected chi connectivity index (χ3v) is 6.68. The van der Waals surface area contributed by atoms with E-state index in [-0.39, 0.29) is 22.3 Å². The Morgan fingerprint density at radius 3 is 1.69 bits per heavy atom. The lowest BCUT2D eigenvalue weighted by molar-refractivity contribution is 0.0874. The predicted octanol–water partition coefficient (Wildman–Crippen LogP) is 6.08. The first-order chi connectivity index (χ1) is 18.8. The fourth-order valence-electron chi connectivity index (χ4n) is 4.58. The molecule has 1 N–H and O–H groups in total. The maximum absolute atomic E-state index is 13.2. The molecule has 4 aromatic rings. The first-order valence-electron chi connectivity index (χ1n) is 12.4. The van der Waals surface area contributed by atoms with Gasteiger partial charge in [0.25, 0.3) is 23.6 Å². The molecule has 0 atom stereocenters. The first-order valence-corrected chi connectivity index (χ1v) is 12.4. The highest BCUT2D eigenvalue weighted by Gasteiger charge is 2.37. The van der Waals surface area contributed by atoms with Gasteiger partial charge in [-0.05, 0) is 84.3 Å². The molecule has 2 aliphatic rings. The summed E-state index contributed by atoms with van der Waals surface area (Å²) < 4.78 is 11.8. The monoisotopic (exact) mass is 518 g/mol. The molecule has 0 unspecified atom stereocenters. The van der Waals surface area contributed by atoms with Crippen LogP contribution in [0.3, 0.4) is 0 Å². The maximum Gasteiger partial charge on any atom is 0.266 e. The Hall–Kier alpha value is -5.24. The molecule has 192 valence electrons. The smallest absolute Gasteiger partial charge is 0.266 e. The second kappa shape index (κ2) is 9.25. The van der Waals surface area contributed by atoms with E-state index in [4.69, 9.17) is 9.47 Å². The van der Waals surface area contributed by atoms with E-state index in [0.717, 1.165) is 4.90 Å². The molecule has 4 amide bonds. The molecule has 4 aromatic carbocycles. The Kier molecular flexibility index (Phi) is 5.72. The average molecular weight is 519 g/mol. The predicted molar refractivity (Wildman–Crippen MR) is 143 cm³/mol. The lowest BCUT2D eigenvalue weighted by Crippen LogP contribution is -2.29. The van der Waals surface area contributed by atoms with Crippen LogP contribution in [0.1, 0.15) is 66.8 Å². The fourth-order valence-corrected chi connectivity index (χ4v) is 4.58. The normalized spacial score (nSPS) is 14.0. The van der Waals surface area contributed by atoms with Crippen molar-refractivity contribution >= 4 is 29.3 Å². The number of fused-ring (bicyclic) bond motifs is 2. The number of ether oxygens (including phenoxy) is 2. The zero-order valence-corrected chi connectivity index (χ0v) is 21.1. The van der Waals surface area contributed by atoms with Crippen molar-refractivity contribution in [3.05, 3.63) is 113 Å². The minimum atomic E-state index is -0.494. The Morgan fingerprint density at radius 1 is 0.564 bits per heavy atom. The third-order valence-electron chi connectivity index (χ3n) is 6.68. The van der Waals surface area contributed by atoms with Crippen LogP contribution >= 0.6 is 0 Å². The average Bonchev–Trinajstić information content (AvgIpc) is 3.35. The number of anilines is 1. The van der Waals surface area contributed by atoms with Crippen molar-refractivity contribution in [1.29, 1.82) is 0 Å². The van der Waals surface area contributed by atoms with Crippen LogP contribution in [-0.2, 0) is 0 Å². The number of nitrogens with one attached hydrogen (secondary N) is 1. The lowest BCUT2D eigenvalue weighted by Gasteiger charge is -2.14. The molecule has 8 heteroatoms. The molecule has 0 spiro atoms. The Labute approximate surface area is 223 Å². The molecular weight excluding hydrogens is 496 g/mol. The van der Waals surface area contributed by atoms with Crippen molar-refractivity contribution < 1.29 is 28.7 Å². The topological polar surface area (TPSA) is 102 Å². The molecule has 0 radical (unpaired) electrons. The van der Waals surface area contributed by atoms with Crippen molar-refractivity contribution in [2.45, 2.75) is 19.8 Å². The molecule has 0 bridgehead atoms. The second-order valence-corrected chi connectivity index (χ2v) is 9.57. The number of amides is 4. The molecular formula is C31H22N2O6. The Balaban J connectivity index is 1.19. The van der Waals surface area contributed by atoms with Gasteiger partial charge in [0.2, 0.25) is 0 Å². The van der Waals surface area contributed by atoms with E-state index in [1.54, 1.807) is 36.4 Å². The summed E-state index contributed by atoms with van der Waals surface area (Å²) in [6.45, 7) is 4.25. The van der Waals surface area contributed by atoms with Gasteiger partial charge in [-0.1, -0.05) is 26.0 Å². The summed E-state index contributed by atoms with van der Waals surface area (Å²) in [5.74, 6) is 0.466. The van der Waals surface area contributed by atoms with Crippen LogP contribution < -0.4 is 19.7 Å². The van der Waals surface area contributed by atoms with Gasteiger partial charge >= 0.3 is 0 Å². The standard InChI is InChI=1S/C31H22N2O6/c1-17(2)18-3-7-20(8-4-18)38-21-9-5-19(6-10-21)33-30(36)25-14-12-23(16-27(25)31(33)37)39-22-11-13-24-26(15-22)29(35)32-28(24)34/h3-17H,1-2H3,(H,32,34,35). The quantitative estimate of drug-likeness (QED) is 0.311. The van der Waals surface area contributed by atoms with Crippen molar-refractivity contribution in [2.24, 2.45) is 0 Å². The van der Waals surface area contributed by atoms with Crippen LogP contribution in [0, 0.1) is 0 Å². The minimum absolute atomic E-state index is 0.206. The summed E-state index contributed by atoms with van der Waals surface area (Å²) in [6, 6.07) is 23.7. The van der Waals surface area contributed by atoms with Gasteiger partial charge in [-0.15, -0.1) is 0 Å². The number of carbonyl (C=O) groups excluding carboxylic acids is 4. The van der Waals surface area contributed by atoms with Crippen LogP contribution in [0.5, 0.6) is 23.0 Å². The molecule has 2 heterocycles. The zero-order valence-electron chi connectivity index (χ0n) is 21.1. The number of hydrogen-bond donors (Lipinski definition) is 1. The number of carbonyl (C=O) groups is 4. The molecule has 8 nitrogen and oxygen atoms in total. The Bertz CT molecular complexity index is 1670. The number of hydrogen-bond acceptors (Lipinski definition) is 6. The summed E-state index contributed by atoms with van der Waals surface area (Å²) in [7, 11) is 0. The molecule has 0 aromatic heterocycles. The molecule has 0 fully saturated rings. The second-order valence-electron chi connectivity index (χ2n) is 9.57. The van der Waals surface area contributed by atoms with Gasteiger partial charge in [-0.25, -0.2) is 4.90 Å². The van der Waals surface area contributed by atoms with E-state index in [1.807, 2.05) is 24.3 Å². The summed E-state index contributed by atoms with van der Waals surface area (Å²) in [4.78, 5) is 51.2. The van der Waals surface area contributed by atoms with E-state index >= 15 is 0 Å². The summed E-state index contributed by atoms with van der Waals surface area (Å²) in [6.07, 6.45) is 0. The SMILES string of the molecule is CC(C)c1ccc(Oc2ccc(N3C(=O)c4ccc(Oc5ccc6c(c5)C(=O)NC6=O)cc4C3=O)cc2)cc1. The molecule has 0 aliphatic carbocycles. The molecule has 0 saturated carbocycles. The number of benzene rings is 4. The van der Waals surface area contributed by atoms with Crippen molar-refractivity contribution in [1.82, 2.24) is 5.32 Å². The van der Waals surface area contributed by atoms with E-state index < -0.39 is 23.6 Å². The van der Waals surface area contributed by atoms with Gasteiger partial charge in [0, 0.05) is 0 Å². The van der Waals surface area contributed by atoms with Crippen LogP contribution in [0.4, 0.5) is 5.69 Å². The van der Waals surface area contributed by atoms with E-state index in [9.17, 15) is 19.2 Å². The van der Waals surface area contributed by atoms with Gasteiger partial charge in [0.05, 0.1) is 27.9 Å². The fraction of sp³-hybridized carbons (Fsp3) is 0.0968. The molecule has 0 saturated heterocycles. The van der Waals surface area contributed by atoms with Crippen LogP contribution in [-0.4, -0.2) is 23.6 Å². The van der Waals surface area contributed by atoms with E-state index in [0.29, 0.717) is 34.6 Å². The van der Waals surface area contributed by atoms with E-state index in [2.05, 4.69) is 19.2 Å². The summed E-state index contributed by atoms with van der Waals surface area (Å²) >= 11 is 0. The molecule has 2 aliphatic heterocycles. The van der Waals surface area contributed by atoms with Crippen molar-refractivity contribution in [3.63, 3.8) is 0 Å². The number of imide groups is 2.